The molecular weight excluding hydrogens is 212 g/mol. The van der Waals surface area contributed by atoms with Gasteiger partial charge in [-0.25, -0.2) is 0 Å². The zero-order valence-electron chi connectivity index (χ0n) is 11.4. The molecule has 1 unspecified atom stereocenters. The molecule has 0 aliphatic heterocycles. The maximum absolute atomic E-state index is 6.14. The van der Waals surface area contributed by atoms with Gasteiger partial charge in [0.05, 0.1) is 7.11 Å². The maximum atomic E-state index is 6.14. The highest BCUT2D eigenvalue weighted by Gasteiger charge is 2.10. The largest absolute Gasteiger partial charge is 0.496 e. The number of nitrogens with two attached hydrogens (primary N) is 1. The van der Waals surface area contributed by atoms with Gasteiger partial charge in [-0.3, -0.25) is 0 Å². The van der Waals surface area contributed by atoms with Gasteiger partial charge in [0.1, 0.15) is 5.75 Å². The SMILES string of the molecule is CCCC(N)c1ccc(OC)c(CN(C)C)c1. The van der Waals surface area contributed by atoms with Crippen LogP contribution in [0.4, 0.5) is 0 Å². The van der Waals surface area contributed by atoms with Crippen LogP contribution in [-0.2, 0) is 6.54 Å². The Morgan fingerprint density at radius 3 is 2.59 bits per heavy atom. The van der Waals surface area contributed by atoms with Crippen LogP contribution in [0.3, 0.4) is 0 Å². The average molecular weight is 236 g/mol. The van der Waals surface area contributed by atoms with Crippen LogP contribution in [0.15, 0.2) is 18.2 Å². The first-order valence-electron chi connectivity index (χ1n) is 6.15. The van der Waals surface area contributed by atoms with E-state index in [1.807, 2.05) is 6.07 Å². The van der Waals surface area contributed by atoms with Crippen LogP contribution in [0.5, 0.6) is 5.75 Å². The molecule has 96 valence electrons. The monoisotopic (exact) mass is 236 g/mol. The highest BCUT2D eigenvalue weighted by Crippen LogP contribution is 2.25. The summed E-state index contributed by atoms with van der Waals surface area (Å²) in [4.78, 5) is 2.13. The van der Waals surface area contributed by atoms with Crippen molar-refractivity contribution in [2.24, 2.45) is 5.73 Å². The van der Waals surface area contributed by atoms with E-state index in [1.54, 1.807) is 7.11 Å². The molecule has 0 aliphatic rings. The highest BCUT2D eigenvalue weighted by molar-refractivity contribution is 5.38. The first-order chi connectivity index (χ1) is 8.08. The normalized spacial score (nSPS) is 12.8. The van der Waals surface area contributed by atoms with Gasteiger partial charge in [-0.2, -0.15) is 0 Å². The lowest BCUT2D eigenvalue weighted by Crippen LogP contribution is -2.14. The van der Waals surface area contributed by atoms with Gasteiger partial charge in [-0.1, -0.05) is 19.4 Å². The summed E-state index contributed by atoms with van der Waals surface area (Å²) < 4.78 is 5.37. The molecule has 1 aromatic rings. The number of methoxy groups -OCH3 is 1. The van der Waals surface area contributed by atoms with Gasteiger partial charge in [0, 0.05) is 18.2 Å². The molecular formula is C14H24N2O. The minimum Gasteiger partial charge on any atom is -0.496 e. The molecule has 0 heterocycles. The fourth-order valence-electron chi connectivity index (χ4n) is 1.97. The van der Waals surface area contributed by atoms with Gasteiger partial charge in [0.15, 0.2) is 0 Å². The number of hydrogen-bond acceptors (Lipinski definition) is 3. The fourth-order valence-corrected chi connectivity index (χ4v) is 1.97. The van der Waals surface area contributed by atoms with Gasteiger partial charge >= 0.3 is 0 Å². The van der Waals surface area contributed by atoms with Gasteiger partial charge in [-0.05, 0) is 38.2 Å². The molecule has 0 radical (unpaired) electrons. The van der Waals surface area contributed by atoms with E-state index in [0.29, 0.717) is 0 Å². The lowest BCUT2D eigenvalue weighted by molar-refractivity contribution is 0.371. The summed E-state index contributed by atoms with van der Waals surface area (Å²) in [6.07, 6.45) is 2.13. The molecule has 0 aromatic heterocycles. The van der Waals surface area contributed by atoms with Crippen LogP contribution in [0.25, 0.3) is 0 Å². The van der Waals surface area contributed by atoms with E-state index in [4.69, 9.17) is 10.5 Å². The summed E-state index contributed by atoms with van der Waals surface area (Å²) in [7, 11) is 5.82. The number of benzene rings is 1. The molecule has 0 fully saturated rings. The predicted molar refractivity (Wildman–Crippen MR) is 72.2 cm³/mol. The molecule has 0 bridgehead atoms. The van der Waals surface area contributed by atoms with E-state index in [1.165, 1.54) is 11.1 Å². The standard InChI is InChI=1S/C14H24N2O/c1-5-6-13(15)11-7-8-14(17-4)12(9-11)10-16(2)3/h7-9,13H,5-6,10,15H2,1-4H3. The molecule has 0 spiro atoms. The smallest absolute Gasteiger partial charge is 0.123 e. The summed E-state index contributed by atoms with van der Waals surface area (Å²) >= 11 is 0. The van der Waals surface area contributed by atoms with Crippen molar-refractivity contribution in [3.8, 4) is 5.75 Å². The first kappa shape index (κ1) is 14.0. The number of nitrogens with zero attached hydrogens (tertiary/aromatic N) is 1. The van der Waals surface area contributed by atoms with Gasteiger partial charge in [-0.15, -0.1) is 0 Å². The molecule has 3 nitrogen and oxygen atoms in total. The second-order valence-corrected chi connectivity index (χ2v) is 4.70. The molecule has 0 saturated carbocycles. The Morgan fingerprint density at radius 1 is 1.35 bits per heavy atom. The van der Waals surface area contributed by atoms with Gasteiger partial charge in [0.2, 0.25) is 0 Å². The zero-order chi connectivity index (χ0) is 12.8. The molecule has 17 heavy (non-hydrogen) atoms. The predicted octanol–water partition coefficient (Wildman–Crippen LogP) is 2.56. The molecule has 3 heteroatoms. The van der Waals surface area contributed by atoms with Gasteiger partial charge in [0.25, 0.3) is 0 Å². The Morgan fingerprint density at radius 2 is 2.06 bits per heavy atom. The average Bonchev–Trinajstić information content (AvgIpc) is 2.28. The lowest BCUT2D eigenvalue weighted by Gasteiger charge is -2.17. The van der Waals surface area contributed by atoms with Crippen LogP contribution < -0.4 is 10.5 Å². The van der Waals surface area contributed by atoms with Crippen LogP contribution in [0, 0.1) is 0 Å². The molecule has 0 amide bonds. The Hall–Kier alpha value is -1.06. The van der Waals surface area contributed by atoms with Crippen molar-refractivity contribution in [2.75, 3.05) is 21.2 Å². The third-order valence-corrected chi connectivity index (χ3v) is 2.82. The third kappa shape index (κ3) is 4.02. The topological polar surface area (TPSA) is 38.5 Å². The lowest BCUT2D eigenvalue weighted by atomic mass is 10.0. The molecule has 0 aliphatic carbocycles. The van der Waals surface area contributed by atoms with Crippen molar-refractivity contribution in [1.82, 2.24) is 4.90 Å². The van der Waals surface area contributed by atoms with E-state index < -0.39 is 0 Å². The van der Waals surface area contributed by atoms with Crippen molar-refractivity contribution in [1.29, 1.82) is 0 Å². The summed E-state index contributed by atoms with van der Waals surface area (Å²) in [6, 6.07) is 6.38. The molecule has 1 aromatic carbocycles. The Labute approximate surface area is 105 Å². The fraction of sp³-hybridized carbons (Fsp3) is 0.571. The van der Waals surface area contributed by atoms with Crippen LogP contribution in [0.1, 0.15) is 36.9 Å². The second kappa shape index (κ2) is 6.62. The Bertz CT molecular complexity index is 350. The zero-order valence-corrected chi connectivity index (χ0v) is 11.4. The summed E-state index contributed by atoms with van der Waals surface area (Å²) in [5.41, 5.74) is 8.54. The van der Waals surface area contributed by atoms with E-state index in [-0.39, 0.29) is 6.04 Å². The Kier molecular flexibility index (Phi) is 5.45. The van der Waals surface area contributed by atoms with Crippen molar-refractivity contribution < 1.29 is 4.74 Å². The summed E-state index contributed by atoms with van der Waals surface area (Å²) in [5, 5.41) is 0. The van der Waals surface area contributed by atoms with Crippen molar-refractivity contribution in [3.05, 3.63) is 29.3 Å². The number of ether oxygens (including phenoxy) is 1. The number of hydrogen-bond donors (Lipinski definition) is 1. The quantitative estimate of drug-likeness (QED) is 0.825. The highest BCUT2D eigenvalue weighted by atomic mass is 16.5. The van der Waals surface area contributed by atoms with E-state index >= 15 is 0 Å². The van der Waals surface area contributed by atoms with E-state index in [9.17, 15) is 0 Å². The maximum Gasteiger partial charge on any atom is 0.123 e. The first-order valence-corrected chi connectivity index (χ1v) is 6.15. The second-order valence-electron chi connectivity index (χ2n) is 4.70. The van der Waals surface area contributed by atoms with E-state index in [2.05, 4.69) is 38.1 Å². The number of rotatable bonds is 6. The minimum absolute atomic E-state index is 0.131. The van der Waals surface area contributed by atoms with Gasteiger partial charge < -0.3 is 15.4 Å². The summed E-state index contributed by atoms with van der Waals surface area (Å²) in [5.74, 6) is 0.936. The third-order valence-electron chi connectivity index (χ3n) is 2.82. The Balaban J connectivity index is 2.95. The van der Waals surface area contributed by atoms with Crippen molar-refractivity contribution in [2.45, 2.75) is 32.4 Å². The molecule has 0 saturated heterocycles. The molecule has 2 N–H and O–H groups in total. The van der Waals surface area contributed by atoms with Crippen molar-refractivity contribution in [3.63, 3.8) is 0 Å². The van der Waals surface area contributed by atoms with Crippen LogP contribution in [-0.4, -0.2) is 26.1 Å². The van der Waals surface area contributed by atoms with Crippen LogP contribution in [0.2, 0.25) is 0 Å². The van der Waals surface area contributed by atoms with E-state index in [0.717, 1.165) is 25.1 Å². The summed E-state index contributed by atoms with van der Waals surface area (Å²) in [6.45, 7) is 3.03. The minimum atomic E-state index is 0.131. The van der Waals surface area contributed by atoms with Crippen molar-refractivity contribution >= 4 is 0 Å². The molecule has 1 atom stereocenters. The molecule has 1 rings (SSSR count). The van der Waals surface area contributed by atoms with Crippen LogP contribution >= 0.6 is 0 Å².